The zero-order valence-electron chi connectivity index (χ0n) is 17.1. The average Bonchev–Trinajstić information content (AvgIpc) is 2.73. The molecule has 6 nitrogen and oxygen atoms in total. The van der Waals surface area contributed by atoms with Gasteiger partial charge < -0.3 is 10.1 Å². The first-order valence-electron chi connectivity index (χ1n) is 9.49. The SMILES string of the molecule is CC(C)Oc1cccc(NC(=O)c2ccc(N(C)S(=O)(=O)c3ccccc3)cc2)c1. The molecule has 3 aromatic rings. The van der Waals surface area contributed by atoms with E-state index >= 15 is 0 Å². The van der Waals surface area contributed by atoms with Crippen LogP contribution in [0.2, 0.25) is 0 Å². The van der Waals surface area contributed by atoms with E-state index in [1.807, 2.05) is 19.9 Å². The third kappa shape index (κ3) is 4.99. The summed E-state index contributed by atoms with van der Waals surface area (Å²) in [6, 6.07) is 21.8. The van der Waals surface area contributed by atoms with E-state index in [1.54, 1.807) is 72.8 Å². The second-order valence-corrected chi connectivity index (χ2v) is 8.95. The van der Waals surface area contributed by atoms with E-state index in [4.69, 9.17) is 4.74 Å². The van der Waals surface area contributed by atoms with E-state index in [0.717, 1.165) is 0 Å². The maximum atomic E-state index is 12.7. The Bertz CT molecular complexity index is 1110. The maximum absolute atomic E-state index is 12.7. The molecule has 0 bridgehead atoms. The molecule has 0 aliphatic carbocycles. The fraction of sp³-hybridized carbons (Fsp3) is 0.174. The first-order chi connectivity index (χ1) is 14.3. The van der Waals surface area contributed by atoms with Gasteiger partial charge in [0.2, 0.25) is 0 Å². The van der Waals surface area contributed by atoms with Crippen molar-refractivity contribution in [1.29, 1.82) is 0 Å². The van der Waals surface area contributed by atoms with Crippen molar-refractivity contribution in [2.24, 2.45) is 0 Å². The second kappa shape index (κ2) is 9.00. The van der Waals surface area contributed by atoms with Gasteiger partial charge in [0.1, 0.15) is 5.75 Å². The molecular formula is C23H24N2O4S. The molecular weight excluding hydrogens is 400 g/mol. The molecule has 30 heavy (non-hydrogen) atoms. The Balaban J connectivity index is 1.73. The molecule has 156 valence electrons. The lowest BCUT2D eigenvalue weighted by atomic mass is 10.2. The highest BCUT2D eigenvalue weighted by Crippen LogP contribution is 2.23. The van der Waals surface area contributed by atoms with Crippen molar-refractivity contribution in [2.75, 3.05) is 16.7 Å². The van der Waals surface area contributed by atoms with Gasteiger partial charge >= 0.3 is 0 Å². The maximum Gasteiger partial charge on any atom is 0.264 e. The van der Waals surface area contributed by atoms with Crippen molar-refractivity contribution >= 4 is 27.3 Å². The molecule has 0 radical (unpaired) electrons. The Morgan fingerprint density at radius 2 is 1.60 bits per heavy atom. The van der Waals surface area contributed by atoms with Gasteiger partial charge in [-0.2, -0.15) is 0 Å². The first-order valence-corrected chi connectivity index (χ1v) is 10.9. The number of benzene rings is 3. The van der Waals surface area contributed by atoms with Gasteiger partial charge in [0.25, 0.3) is 15.9 Å². The van der Waals surface area contributed by atoms with Crippen LogP contribution in [0.3, 0.4) is 0 Å². The van der Waals surface area contributed by atoms with E-state index < -0.39 is 10.0 Å². The van der Waals surface area contributed by atoms with Gasteiger partial charge in [-0.3, -0.25) is 9.10 Å². The van der Waals surface area contributed by atoms with E-state index in [2.05, 4.69) is 5.32 Å². The summed E-state index contributed by atoms with van der Waals surface area (Å²) in [5, 5.41) is 2.83. The smallest absolute Gasteiger partial charge is 0.264 e. The molecule has 0 aliphatic heterocycles. The molecule has 0 saturated carbocycles. The summed E-state index contributed by atoms with van der Waals surface area (Å²) >= 11 is 0. The summed E-state index contributed by atoms with van der Waals surface area (Å²) in [7, 11) is -2.19. The molecule has 0 fully saturated rings. The van der Waals surface area contributed by atoms with Crippen LogP contribution in [-0.2, 0) is 10.0 Å². The van der Waals surface area contributed by atoms with Crippen LogP contribution in [0, 0.1) is 0 Å². The van der Waals surface area contributed by atoms with Crippen molar-refractivity contribution in [3.05, 3.63) is 84.4 Å². The lowest BCUT2D eigenvalue weighted by Gasteiger charge is -2.19. The molecule has 1 amide bonds. The predicted molar refractivity (Wildman–Crippen MR) is 119 cm³/mol. The number of anilines is 2. The fourth-order valence-corrected chi connectivity index (χ4v) is 4.05. The summed E-state index contributed by atoms with van der Waals surface area (Å²) in [4.78, 5) is 12.8. The molecule has 0 atom stereocenters. The van der Waals surface area contributed by atoms with Crippen molar-refractivity contribution < 1.29 is 17.9 Å². The summed E-state index contributed by atoms with van der Waals surface area (Å²) < 4.78 is 32.3. The third-order valence-corrected chi connectivity index (χ3v) is 6.16. The van der Waals surface area contributed by atoms with E-state index in [9.17, 15) is 13.2 Å². The number of ether oxygens (including phenoxy) is 1. The molecule has 0 saturated heterocycles. The van der Waals surface area contributed by atoms with Crippen LogP contribution in [-0.4, -0.2) is 27.5 Å². The zero-order chi connectivity index (χ0) is 21.7. The molecule has 7 heteroatoms. The number of nitrogens with zero attached hydrogens (tertiary/aromatic N) is 1. The number of hydrogen-bond donors (Lipinski definition) is 1. The van der Waals surface area contributed by atoms with Crippen LogP contribution in [0.5, 0.6) is 5.75 Å². The Morgan fingerprint density at radius 1 is 0.933 bits per heavy atom. The van der Waals surface area contributed by atoms with E-state index in [1.165, 1.54) is 11.4 Å². The Morgan fingerprint density at radius 3 is 2.23 bits per heavy atom. The highest BCUT2D eigenvalue weighted by atomic mass is 32.2. The molecule has 1 N–H and O–H groups in total. The number of carbonyl (C=O) groups is 1. The van der Waals surface area contributed by atoms with E-state index in [0.29, 0.717) is 22.7 Å². The Kier molecular flexibility index (Phi) is 6.42. The minimum Gasteiger partial charge on any atom is -0.491 e. The van der Waals surface area contributed by atoms with Gasteiger partial charge in [0, 0.05) is 24.4 Å². The molecule has 0 heterocycles. The minimum atomic E-state index is -3.67. The monoisotopic (exact) mass is 424 g/mol. The molecule has 0 unspecified atom stereocenters. The van der Waals surface area contributed by atoms with Crippen molar-refractivity contribution in [1.82, 2.24) is 0 Å². The van der Waals surface area contributed by atoms with Gasteiger partial charge in [-0.15, -0.1) is 0 Å². The van der Waals surface area contributed by atoms with Gasteiger partial charge in [-0.05, 0) is 62.4 Å². The van der Waals surface area contributed by atoms with Gasteiger partial charge in [0.05, 0.1) is 16.7 Å². The average molecular weight is 425 g/mol. The second-order valence-electron chi connectivity index (χ2n) is 6.98. The van der Waals surface area contributed by atoms with Gasteiger partial charge in [-0.1, -0.05) is 24.3 Å². The largest absolute Gasteiger partial charge is 0.491 e. The van der Waals surface area contributed by atoms with Crippen LogP contribution < -0.4 is 14.4 Å². The first kappa shape index (κ1) is 21.4. The standard InChI is InChI=1S/C23H24N2O4S/c1-17(2)29-21-9-7-8-19(16-21)24-23(26)18-12-14-20(15-13-18)25(3)30(27,28)22-10-5-4-6-11-22/h4-17H,1-3H3,(H,24,26). The number of hydrogen-bond acceptors (Lipinski definition) is 4. The number of carbonyl (C=O) groups excluding carboxylic acids is 1. The number of amides is 1. The summed E-state index contributed by atoms with van der Waals surface area (Å²) in [6.07, 6.45) is 0.0349. The van der Waals surface area contributed by atoms with Crippen molar-refractivity contribution in [2.45, 2.75) is 24.8 Å². The van der Waals surface area contributed by atoms with Gasteiger partial charge in [-0.25, -0.2) is 8.42 Å². The lowest BCUT2D eigenvalue weighted by molar-refractivity contribution is 0.102. The molecule has 0 aliphatic rings. The topological polar surface area (TPSA) is 75.7 Å². The normalized spacial score (nSPS) is 11.2. The Hall–Kier alpha value is -3.32. The minimum absolute atomic E-state index is 0.0349. The molecule has 3 aromatic carbocycles. The highest BCUT2D eigenvalue weighted by Gasteiger charge is 2.21. The summed E-state index contributed by atoms with van der Waals surface area (Å²) in [6.45, 7) is 3.86. The van der Waals surface area contributed by atoms with Crippen LogP contribution in [0.4, 0.5) is 11.4 Å². The highest BCUT2D eigenvalue weighted by molar-refractivity contribution is 7.92. The molecule has 0 spiro atoms. The summed E-state index contributed by atoms with van der Waals surface area (Å²) in [5.41, 5.74) is 1.49. The summed E-state index contributed by atoms with van der Waals surface area (Å²) in [5.74, 6) is 0.378. The van der Waals surface area contributed by atoms with Crippen molar-refractivity contribution in [3.8, 4) is 5.75 Å². The number of nitrogens with one attached hydrogen (secondary N) is 1. The quantitative estimate of drug-likeness (QED) is 0.604. The van der Waals surface area contributed by atoms with Crippen LogP contribution in [0.15, 0.2) is 83.8 Å². The van der Waals surface area contributed by atoms with Crippen molar-refractivity contribution in [3.63, 3.8) is 0 Å². The fourth-order valence-electron chi connectivity index (χ4n) is 2.83. The van der Waals surface area contributed by atoms with Crippen LogP contribution >= 0.6 is 0 Å². The van der Waals surface area contributed by atoms with Crippen LogP contribution in [0.25, 0.3) is 0 Å². The number of rotatable bonds is 7. The van der Waals surface area contributed by atoms with Gasteiger partial charge in [0.15, 0.2) is 0 Å². The van der Waals surface area contributed by atoms with Crippen LogP contribution in [0.1, 0.15) is 24.2 Å². The predicted octanol–water partition coefficient (Wildman–Crippen LogP) is 4.55. The zero-order valence-corrected chi connectivity index (χ0v) is 17.9. The number of sulfonamides is 1. The Labute approximate surface area is 177 Å². The van der Waals surface area contributed by atoms with E-state index in [-0.39, 0.29) is 16.9 Å². The lowest BCUT2D eigenvalue weighted by Crippen LogP contribution is -2.26. The molecule has 3 rings (SSSR count). The third-order valence-electron chi connectivity index (χ3n) is 4.36. The molecule has 0 aromatic heterocycles.